The molecule has 22 heavy (non-hydrogen) atoms. The summed E-state index contributed by atoms with van der Waals surface area (Å²) in [5, 5.41) is 6.06. The summed E-state index contributed by atoms with van der Waals surface area (Å²) in [7, 11) is 0. The highest BCUT2D eigenvalue weighted by Gasteiger charge is 2.30. The molecular weight excluding hydrogens is 300 g/mol. The van der Waals surface area contributed by atoms with E-state index in [-0.39, 0.29) is 22.0 Å². The Morgan fingerprint density at radius 2 is 1.68 bits per heavy atom. The van der Waals surface area contributed by atoms with E-state index in [9.17, 15) is 22.4 Å². The first-order valence-electron chi connectivity index (χ1n) is 6.22. The number of fused-ring (bicyclic) bond motifs is 1. The van der Waals surface area contributed by atoms with Crippen LogP contribution in [0.25, 0.3) is 22.0 Å². The van der Waals surface area contributed by atoms with Crippen molar-refractivity contribution >= 4 is 10.8 Å². The maximum absolute atomic E-state index is 14.0. The molecule has 0 unspecified atom stereocenters. The topological polar surface area (TPSA) is 45.8 Å². The van der Waals surface area contributed by atoms with Crippen molar-refractivity contribution in [2.75, 3.05) is 0 Å². The molecule has 0 bridgehead atoms. The van der Waals surface area contributed by atoms with Crippen molar-refractivity contribution in [3.63, 3.8) is 0 Å². The number of H-pyrrole nitrogens is 1. The average Bonchev–Trinajstić information content (AvgIpc) is 2.48. The summed E-state index contributed by atoms with van der Waals surface area (Å²) in [6, 6.07) is 8.11. The molecule has 0 aliphatic carbocycles. The van der Waals surface area contributed by atoms with Crippen molar-refractivity contribution in [3.8, 4) is 11.3 Å². The summed E-state index contributed by atoms with van der Waals surface area (Å²) in [6.07, 6.45) is -4.45. The van der Waals surface area contributed by atoms with Gasteiger partial charge in [-0.25, -0.2) is 9.49 Å². The van der Waals surface area contributed by atoms with Gasteiger partial charge >= 0.3 is 6.18 Å². The number of hydrogen-bond donors (Lipinski definition) is 1. The number of aromatic nitrogens is 2. The second kappa shape index (κ2) is 4.94. The smallest absolute Gasteiger partial charge is 0.267 e. The number of nitrogens with zero attached hydrogens (tertiary/aromatic N) is 1. The van der Waals surface area contributed by atoms with Crippen LogP contribution < -0.4 is 5.56 Å². The van der Waals surface area contributed by atoms with Gasteiger partial charge in [-0.3, -0.25) is 4.79 Å². The van der Waals surface area contributed by atoms with E-state index in [4.69, 9.17) is 0 Å². The second-order valence-electron chi connectivity index (χ2n) is 4.64. The average molecular weight is 308 g/mol. The number of rotatable bonds is 1. The molecule has 0 aliphatic rings. The molecule has 112 valence electrons. The molecule has 1 aromatic heterocycles. The molecule has 0 radical (unpaired) electrons. The molecule has 0 aliphatic heterocycles. The molecule has 7 heteroatoms. The number of hydrogen-bond acceptors (Lipinski definition) is 2. The number of halogens is 4. The van der Waals surface area contributed by atoms with Crippen LogP contribution in [0.15, 0.2) is 47.3 Å². The lowest BCUT2D eigenvalue weighted by molar-refractivity contribution is -0.137. The van der Waals surface area contributed by atoms with Gasteiger partial charge in [-0.1, -0.05) is 18.2 Å². The Kier molecular flexibility index (Phi) is 3.20. The Hall–Kier alpha value is -2.70. The third-order valence-corrected chi connectivity index (χ3v) is 3.25. The van der Waals surface area contributed by atoms with Crippen LogP contribution in [0, 0.1) is 5.82 Å². The molecule has 1 N–H and O–H groups in total. The second-order valence-corrected chi connectivity index (χ2v) is 4.64. The van der Waals surface area contributed by atoms with Gasteiger partial charge in [-0.05, 0) is 24.3 Å². The van der Waals surface area contributed by atoms with Crippen LogP contribution in [0.4, 0.5) is 17.6 Å². The van der Waals surface area contributed by atoms with Crippen molar-refractivity contribution in [1.29, 1.82) is 0 Å². The fourth-order valence-electron chi connectivity index (χ4n) is 2.20. The molecule has 3 rings (SSSR count). The first kappa shape index (κ1) is 14.2. The molecule has 0 atom stereocenters. The van der Waals surface area contributed by atoms with Crippen LogP contribution in [-0.2, 0) is 6.18 Å². The summed E-state index contributed by atoms with van der Waals surface area (Å²) in [6.45, 7) is 0. The van der Waals surface area contributed by atoms with Crippen LogP contribution in [0.2, 0.25) is 0 Å². The van der Waals surface area contributed by atoms with Crippen molar-refractivity contribution in [1.82, 2.24) is 10.2 Å². The minimum absolute atomic E-state index is 0.0222. The monoisotopic (exact) mass is 308 g/mol. The maximum atomic E-state index is 14.0. The molecule has 0 saturated heterocycles. The van der Waals surface area contributed by atoms with Crippen LogP contribution in [0.5, 0.6) is 0 Å². The van der Waals surface area contributed by atoms with E-state index in [1.165, 1.54) is 24.3 Å². The minimum atomic E-state index is -4.45. The lowest BCUT2D eigenvalue weighted by Gasteiger charge is -2.09. The quantitative estimate of drug-likeness (QED) is 0.696. The van der Waals surface area contributed by atoms with E-state index in [0.717, 1.165) is 18.2 Å². The van der Waals surface area contributed by atoms with E-state index in [0.29, 0.717) is 0 Å². The Balaban J connectivity index is 2.23. The predicted octanol–water partition coefficient (Wildman–Crippen LogP) is 3.75. The van der Waals surface area contributed by atoms with Crippen LogP contribution in [0.3, 0.4) is 0 Å². The highest BCUT2D eigenvalue weighted by Crippen LogP contribution is 2.32. The Morgan fingerprint density at radius 3 is 2.32 bits per heavy atom. The van der Waals surface area contributed by atoms with Gasteiger partial charge in [-0.15, -0.1) is 0 Å². The summed E-state index contributed by atoms with van der Waals surface area (Å²) in [4.78, 5) is 11.7. The van der Waals surface area contributed by atoms with E-state index < -0.39 is 23.1 Å². The van der Waals surface area contributed by atoms with Gasteiger partial charge in [0.2, 0.25) is 0 Å². The lowest BCUT2D eigenvalue weighted by atomic mass is 10.0. The van der Waals surface area contributed by atoms with Crippen LogP contribution in [-0.4, -0.2) is 10.2 Å². The Bertz CT molecular complexity index is 898. The summed E-state index contributed by atoms with van der Waals surface area (Å²) >= 11 is 0. The SMILES string of the molecule is O=c1[nH]nc(-c2ccc(C(F)(F)F)cc2)c2c(F)cccc12. The fraction of sp³-hybridized carbons (Fsp3) is 0.0667. The molecule has 0 fully saturated rings. The van der Waals surface area contributed by atoms with Crippen molar-refractivity contribution in [2.45, 2.75) is 6.18 Å². The zero-order valence-corrected chi connectivity index (χ0v) is 10.9. The molecule has 0 spiro atoms. The maximum Gasteiger partial charge on any atom is 0.416 e. The summed E-state index contributed by atoms with van der Waals surface area (Å²) in [5.41, 5.74) is -1.02. The molecule has 1 heterocycles. The summed E-state index contributed by atoms with van der Waals surface area (Å²) < 4.78 is 51.7. The van der Waals surface area contributed by atoms with Gasteiger partial charge in [0.1, 0.15) is 11.5 Å². The zero-order chi connectivity index (χ0) is 15.9. The molecule has 0 amide bonds. The van der Waals surface area contributed by atoms with E-state index in [1.807, 2.05) is 0 Å². The third-order valence-electron chi connectivity index (χ3n) is 3.25. The zero-order valence-electron chi connectivity index (χ0n) is 10.9. The van der Waals surface area contributed by atoms with Gasteiger partial charge in [-0.2, -0.15) is 18.3 Å². The molecule has 2 aromatic carbocycles. The van der Waals surface area contributed by atoms with Crippen molar-refractivity contribution < 1.29 is 17.6 Å². The largest absolute Gasteiger partial charge is 0.416 e. The van der Waals surface area contributed by atoms with Gasteiger partial charge in [0.05, 0.1) is 16.3 Å². The van der Waals surface area contributed by atoms with E-state index >= 15 is 0 Å². The normalized spacial score (nSPS) is 11.8. The van der Waals surface area contributed by atoms with Crippen molar-refractivity contribution in [3.05, 3.63) is 64.2 Å². The lowest BCUT2D eigenvalue weighted by Crippen LogP contribution is -2.10. The van der Waals surface area contributed by atoms with Gasteiger partial charge < -0.3 is 0 Å². The first-order valence-corrected chi connectivity index (χ1v) is 6.22. The highest BCUT2D eigenvalue weighted by atomic mass is 19.4. The number of aromatic amines is 1. The van der Waals surface area contributed by atoms with Crippen LogP contribution >= 0.6 is 0 Å². The van der Waals surface area contributed by atoms with Gasteiger partial charge in [0.25, 0.3) is 5.56 Å². The molecular formula is C15H8F4N2O. The van der Waals surface area contributed by atoms with Gasteiger partial charge in [0, 0.05) is 5.56 Å². The Morgan fingerprint density at radius 1 is 1.00 bits per heavy atom. The predicted molar refractivity (Wildman–Crippen MR) is 72.8 cm³/mol. The molecule has 0 saturated carbocycles. The molecule has 3 nitrogen and oxygen atoms in total. The first-order chi connectivity index (χ1) is 10.4. The minimum Gasteiger partial charge on any atom is -0.267 e. The fourth-order valence-corrected chi connectivity index (χ4v) is 2.20. The summed E-state index contributed by atoms with van der Waals surface area (Å²) in [5.74, 6) is -0.661. The van der Waals surface area contributed by atoms with Crippen molar-refractivity contribution in [2.24, 2.45) is 0 Å². The van der Waals surface area contributed by atoms with Gasteiger partial charge in [0.15, 0.2) is 0 Å². The standard InChI is InChI=1S/C15H8F4N2O/c16-11-3-1-2-10-12(11)13(20-21-14(10)22)8-4-6-9(7-5-8)15(17,18)19/h1-7H,(H,21,22). The number of nitrogens with one attached hydrogen (secondary N) is 1. The third kappa shape index (κ3) is 2.34. The van der Waals surface area contributed by atoms with E-state index in [2.05, 4.69) is 10.2 Å². The highest BCUT2D eigenvalue weighted by molar-refractivity contribution is 5.94. The number of benzene rings is 2. The van der Waals surface area contributed by atoms with Crippen LogP contribution in [0.1, 0.15) is 5.56 Å². The number of alkyl halides is 3. The molecule has 3 aromatic rings. The Labute approximate surface area is 121 Å². The van der Waals surface area contributed by atoms with E-state index in [1.54, 1.807) is 0 Å².